The van der Waals surface area contributed by atoms with Gasteiger partial charge in [-0.2, -0.15) is 0 Å². The van der Waals surface area contributed by atoms with Gasteiger partial charge in [-0.05, 0) is 62.7 Å². The Morgan fingerprint density at radius 3 is 2.44 bits per heavy atom. The fourth-order valence-electron chi connectivity index (χ4n) is 4.91. The third-order valence-electron chi connectivity index (χ3n) is 7.07. The smallest absolute Gasteiger partial charge is 0.251 e. The monoisotopic (exact) mass is 556 g/mol. The number of benzene rings is 2. The van der Waals surface area contributed by atoms with Gasteiger partial charge in [0.1, 0.15) is 22.6 Å². The first kappa shape index (κ1) is 27.7. The van der Waals surface area contributed by atoms with Crippen molar-refractivity contribution in [1.82, 2.24) is 25.9 Å². The summed E-state index contributed by atoms with van der Waals surface area (Å²) in [6, 6.07) is 12.7. The Hall–Kier alpha value is -4.90. The number of aryl methyl sites for hydroxylation is 1. The second kappa shape index (κ2) is 11.7. The Balaban J connectivity index is 1.31. The number of phenolic OH excluding ortho intramolecular Hbond substituents is 1. The van der Waals surface area contributed by atoms with Crippen molar-refractivity contribution in [1.29, 1.82) is 0 Å². The van der Waals surface area contributed by atoms with Crippen molar-refractivity contribution in [2.45, 2.75) is 31.8 Å². The molecule has 0 aliphatic carbocycles. The number of rotatable bonds is 6. The van der Waals surface area contributed by atoms with Gasteiger partial charge in [-0.3, -0.25) is 19.4 Å². The molecular formula is C30H29FN6O4. The highest BCUT2D eigenvalue weighted by Gasteiger charge is 2.28. The minimum atomic E-state index is -0.903. The number of hydrogen-bond donors (Lipinski definition) is 5. The number of halogens is 1. The molecule has 1 fully saturated rings. The predicted molar refractivity (Wildman–Crippen MR) is 151 cm³/mol. The number of carbonyl (C=O) groups is 3. The molecule has 0 bridgehead atoms. The summed E-state index contributed by atoms with van der Waals surface area (Å²) in [7, 11) is 0. The Labute approximate surface area is 235 Å². The fourth-order valence-corrected chi connectivity index (χ4v) is 4.91. The number of amides is 2. The van der Waals surface area contributed by atoms with E-state index in [2.05, 4.69) is 25.9 Å². The Morgan fingerprint density at radius 1 is 0.976 bits per heavy atom. The number of aromatic hydroxyl groups is 1. The molecule has 41 heavy (non-hydrogen) atoms. The molecule has 1 aliphatic heterocycles. The molecule has 2 amide bonds. The molecule has 2 aromatic carbocycles. The van der Waals surface area contributed by atoms with Crippen LogP contribution in [0, 0.1) is 12.7 Å². The molecule has 210 valence electrons. The first-order valence-corrected chi connectivity index (χ1v) is 13.2. The van der Waals surface area contributed by atoms with Gasteiger partial charge in [0.25, 0.3) is 11.8 Å². The maximum absolute atomic E-state index is 15.3. The van der Waals surface area contributed by atoms with Crippen molar-refractivity contribution in [3.63, 3.8) is 0 Å². The molecule has 2 aromatic heterocycles. The fraction of sp³-hybridized carbons (Fsp3) is 0.233. The summed E-state index contributed by atoms with van der Waals surface area (Å²) in [6.07, 6.45) is 2.88. The normalized spacial score (nSPS) is 17.0. The quantitative estimate of drug-likeness (QED) is 0.227. The molecule has 5 rings (SSSR count). The second-order valence-corrected chi connectivity index (χ2v) is 9.99. The van der Waals surface area contributed by atoms with Gasteiger partial charge in [0, 0.05) is 40.5 Å². The molecule has 0 radical (unpaired) electrons. The van der Waals surface area contributed by atoms with Gasteiger partial charge < -0.3 is 26.8 Å². The molecule has 2 atom stereocenters. The highest BCUT2D eigenvalue weighted by Crippen LogP contribution is 2.30. The summed E-state index contributed by atoms with van der Waals surface area (Å²) in [4.78, 5) is 47.2. The number of phenols is 1. The van der Waals surface area contributed by atoms with Crippen LogP contribution in [0.25, 0.3) is 10.9 Å². The van der Waals surface area contributed by atoms with E-state index < -0.39 is 22.9 Å². The largest absolute Gasteiger partial charge is 0.507 e. The van der Waals surface area contributed by atoms with Gasteiger partial charge in [0.15, 0.2) is 11.6 Å². The van der Waals surface area contributed by atoms with Gasteiger partial charge in [0.2, 0.25) is 0 Å². The maximum Gasteiger partial charge on any atom is 0.251 e. The third kappa shape index (κ3) is 5.99. The van der Waals surface area contributed by atoms with Crippen LogP contribution in [0.2, 0.25) is 0 Å². The van der Waals surface area contributed by atoms with Crippen molar-refractivity contribution < 1.29 is 23.9 Å². The Bertz CT molecular complexity index is 1640. The summed E-state index contributed by atoms with van der Waals surface area (Å²) < 4.78 is 15.3. The Kier molecular flexibility index (Phi) is 7.88. The summed E-state index contributed by atoms with van der Waals surface area (Å²) in [5.74, 6) is -2.61. The van der Waals surface area contributed by atoms with Crippen molar-refractivity contribution in [2.24, 2.45) is 0 Å². The van der Waals surface area contributed by atoms with Crippen LogP contribution in [0.5, 0.6) is 5.75 Å². The van der Waals surface area contributed by atoms with Gasteiger partial charge in [-0.25, -0.2) is 9.37 Å². The number of nitrogen functional groups attached to an aromatic ring is 1. The molecule has 1 saturated heterocycles. The summed E-state index contributed by atoms with van der Waals surface area (Å²) in [6.45, 7) is 2.90. The number of carbonyl (C=O) groups excluding carboxylic acids is 3. The molecule has 1 aliphatic rings. The van der Waals surface area contributed by atoms with E-state index in [4.69, 9.17) is 5.73 Å². The predicted octanol–water partition coefficient (Wildman–Crippen LogP) is 2.88. The van der Waals surface area contributed by atoms with E-state index in [9.17, 15) is 19.5 Å². The molecule has 6 N–H and O–H groups in total. The lowest BCUT2D eigenvalue weighted by atomic mass is 9.98. The van der Waals surface area contributed by atoms with Crippen LogP contribution in [0.3, 0.4) is 0 Å². The van der Waals surface area contributed by atoms with Gasteiger partial charge in [0.05, 0.1) is 12.1 Å². The van der Waals surface area contributed by atoms with Crippen molar-refractivity contribution in [3.8, 4) is 5.75 Å². The highest BCUT2D eigenvalue weighted by molar-refractivity contribution is 6.13. The zero-order valence-corrected chi connectivity index (χ0v) is 22.3. The highest BCUT2D eigenvalue weighted by atomic mass is 19.1. The molecule has 0 spiro atoms. The average Bonchev–Trinajstić information content (AvgIpc) is 3.18. The van der Waals surface area contributed by atoms with Gasteiger partial charge in [-0.15, -0.1) is 0 Å². The first-order valence-electron chi connectivity index (χ1n) is 13.2. The summed E-state index contributed by atoms with van der Waals surface area (Å²) >= 11 is 0. The van der Waals surface area contributed by atoms with E-state index in [1.807, 2.05) is 0 Å². The molecule has 0 saturated carbocycles. The topological polar surface area (TPSA) is 159 Å². The number of aromatic nitrogens is 2. The number of nitrogens with two attached hydrogens (primary N) is 1. The van der Waals surface area contributed by atoms with E-state index >= 15 is 4.39 Å². The second-order valence-electron chi connectivity index (χ2n) is 9.99. The lowest BCUT2D eigenvalue weighted by Crippen LogP contribution is -2.54. The summed E-state index contributed by atoms with van der Waals surface area (Å²) in [5.41, 5.74) is 6.54. The lowest BCUT2D eigenvalue weighted by Gasteiger charge is -2.27. The van der Waals surface area contributed by atoms with Crippen LogP contribution in [-0.4, -0.2) is 57.8 Å². The maximum atomic E-state index is 15.3. The van der Waals surface area contributed by atoms with Crippen molar-refractivity contribution in [3.05, 3.63) is 94.6 Å². The molecule has 3 heterocycles. The van der Waals surface area contributed by atoms with E-state index in [-0.39, 0.29) is 46.4 Å². The van der Waals surface area contributed by atoms with E-state index in [0.717, 1.165) is 13.0 Å². The standard InChI is InChI=1S/C30H29FN6O4/c1-16-4-5-19-13-23(38)25(26(31)27(19)35-16)28(39)17-6-8-18(9-7-17)29(40)36-21-3-2-11-33-15-22(21)37-30(41)20-10-12-34-24(32)14-20/h4-10,12-14,21-22,33,38H,2-3,11,15H2,1H3,(H2,32,34)(H,36,40)(H,37,41)/t21-,22-/m1/s1. The van der Waals surface area contributed by atoms with E-state index in [0.29, 0.717) is 29.6 Å². The molecule has 11 heteroatoms. The van der Waals surface area contributed by atoms with Crippen LogP contribution < -0.4 is 21.7 Å². The van der Waals surface area contributed by atoms with Crippen molar-refractivity contribution >= 4 is 34.3 Å². The summed E-state index contributed by atoms with van der Waals surface area (Å²) in [5, 5.41) is 20.0. The van der Waals surface area contributed by atoms with E-state index in [1.54, 1.807) is 25.1 Å². The molecular weight excluding hydrogens is 527 g/mol. The molecule has 4 aromatic rings. The number of fused-ring (bicyclic) bond motifs is 1. The van der Waals surface area contributed by atoms with Crippen LogP contribution in [-0.2, 0) is 0 Å². The zero-order valence-electron chi connectivity index (χ0n) is 22.3. The third-order valence-corrected chi connectivity index (χ3v) is 7.07. The molecule has 0 unspecified atom stereocenters. The van der Waals surface area contributed by atoms with Gasteiger partial charge >= 0.3 is 0 Å². The number of anilines is 1. The number of pyridine rings is 2. The van der Waals surface area contributed by atoms with Crippen molar-refractivity contribution in [2.75, 3.05) is 18.8 Å². The van der Waals surface area contributed by atoms with Crippen LogP contribution in [0.4, 0.5) is 10.2 Å². The first-order chi connectivity index (χ1) is 19.7. The Morgan fingerprint density at radius 2 is 1.68 bits per heavy atom. The molecule has 10 nitrogen and oxygen atoms in total. The minimum Gasteiger partial charge on any atom is -0.507 e. The SMILES string of the molecule is Cc1ccc2cc(O)c(C(=O)c3ccc(C(=O)N[C@@H]4CCCNC[C@H]4NC(=O)c4ccnc(N)c4)cc3)c(F)c2n1. The lowest BCUT2D eigenvalue weighted by molar-refractivity contribution is 0.0882. The number of ketones is 1. The van der Waals surface area contributed by atoms with E-state index in [1.165, 1.54) is 42.6 Å². The zero-order chi connectivity index (χ0) is 29.1. The van der Waals surface area contributed by atoms with Crippen LogP contribution >= 0.6 is 0 Å². The van der Waals surface area contributed by atoms with Crippen LogP contribution in [0.15, 0.2) is 60.8 Å². The average molecular weight is 557 g/mol. The minimum absolute atomic E-state index is 0.00548. The van der Waals surface area contributed by atoms with Crippen LogP contribution in [0.1, 0.15) is 55.2 Å². The number of hydrogen-bond acceptors (Lipinski definition) is 8. The van der Waals surface area contributed by atoms with Gasteiger partial charge in [-0.1, -0.05) is 18.2 Å². The number of nitrogens with zero attached hydrogens (tertiary/aromatic N) is 2. The number of nitrogens with one attached hydrogen (secondary N) is 3.